The molecule has 1 N–H and O–H groups in total. The number of hydrogen-bond acceptors (Lipinski definition) is 8. The molecular formula is C10H25NO7Si. The highest BCUT2D eigenvalue weighted by molar-refractivity contribution is 6.52. The smallest absolute Gasteiger partial charge is 0.347 e. The van der Waals surface area contributed by atoms with Crippen LogP contribution in [0.15, 0.2) is 0 Å². The molecule has 0 unspecified atom stereocenters. The first-order valence-corrected chi connectivity index (χ1v) is 7.57. The summed E-state index contributed by atoms with van der Waals surface area (Å²) in [6, 6.07) is 0. The summed E-state index contributed by atoms with van der Waals surface area (Å²) in [4.78, 5) is 13.6. The molecule has 0 fully saturated rings. The second-order valence-electron chi connectivity index (χ2n) is 4.63. The van der Waals surface area contributed by atoms with Crippen LogP contribution in [0.5, 0.6) is 0 Å². The van der Waals surface area contributed by atoms with Crippen molar-refractivity contribution in [3.63, 3.8) is 0 Å². The van der Waals surface area contributed by atoms with Crippen molar-refractivity contribution in [1.82, 2.24) is 5.32 Å². The maximum absolute atomic E-state index is 5.42. The van der Waals surface area contributed by atoms with Crippen molar-refractivity contribution in [1.29, 1.82) is 0 Å². The van der Waals surface area contributed by atoms with Crippen LogP contribution in [0.4, 0.5) is 0 Å². The van der Waals surface area contributed by atoms with Crippen molar-refractivity contribution in [2.75, 3.05) is 34.5 Å². The average molecular weight is 299 g/mol. The van der Waals surface area contributed by atoms with Crippen molar-refractivity contribution in [3.8, 4) is 0 Å². The van der Waals surface area contributed by atoms with E-state index in [0.717, 1.165) is 13.0 Å². The molecule has 19 heavy (non-hydrogen) atoms. The lowest BCUT2D eigenvalue weighted by Gasteiger charge is -2.23. The van der Waals surface area contributed by atoms with E-state index in [1.807, 2.05) is 0 Å². The molecule has 0 bridgehead atoms. The average Bonchev–Trinajstić information content (AvgIpc) is 2.28. The van der Waals surface area contributed by atoms with Crippen molar-refractivity contribution in [3.05, 3.63) is 0 Å². The lowest BCUT2D eigenvalue weighted by atomic mass is 10.1. The topological polar surface area (TPSA) is 76.6 Å². The van der Waals surface area contributed by atoms with Gasteiger partial charge in [-0.05, 0) is 33.7 Å². The number of hydrogen-bond donors (Lipinski definition) is 1. The van der Waals surface area contributed by atoms with Gasteiger partial charge in [-0.1, -0.05) is 0 Å². The first-order valence-electron chi connectivity index (χ1n) is 5.93. The fourth-order valence-electron chi connectivity index (χ4n) is 1.15. The highest BCUT2D eigenvalue weighted by Gasteiger charge is 2.51. The van der Waals surface area contributed by atoms with Gasteiger partial charge in [-0.25, -0.2) is 14.7 Å². The lowest BCUT2D eigenvalue weighted by Crippen LogP contribution is -2.49. The van der Waals surface area contributed by atoms with Gasteiger partial charge in [0.25, 0.3) is 0 Å². The van der Waals surface area contributed by atoms with Gasteiger partial charge in [0, 0.05) is 12.1 Å². The molecule has 0 amide bonds. The fraction of sp³-hybridized carbons (Fsp3) is 1.00. The maximum Gasteiger partial charge on any atom is 0.764 e. The van der Waals surface area contributed by atoms with Gasteiger partial charge in [-0.3, -0.25) is 0 Å². The molecule has 0 aliphatic heterocycles. The van der Waals surface area contributed by atoms with Gasteiger partial charge in [0.15, 0.2) is 0 Å². The van der Waals surface area contributed by atoms with Crippen molar-refractivity contribution < 1.29 is 32.8 Å². The lowest BCUT2D eigenvalue weighted by molar-refractivity contribution is -0.370. The van der Waals surface area contributed by atoms with Crippen molar-refractivity contribution in [2.24, 2.45) is 0 Å². The van der Waals surface area contributed by atoms with E-state index in [4.69, 9.17) is 18.2 Å². The van der Waals surface area contributed by atoms with Crippen LogP contribution in [0.1, 0.15) is 27.2 Å². The van der Waals surface area contributed by atoms with Crippen molar-refractivity contribution in [2.45, 2.75) is 32.7 Å². The molecule has 0 atom stereocenters. The molecule has 0 radical (unpaired) electrons. The normalized spacial score (nSPS) is 12.9. The molecule has 0 saturated heterocycles. The molecule has 0 aliphatic rings. The van der Waals surface area contributed by atoms with Gasteiger partial charge in [-0.2, -0.15) is 13.7 Å². The Bertz CT molecular complexity index is 207. The quantitative estimate of drug-likeness (QED) is 0.261. The Hall–Kier alpha value is -0.103. The first kappa shape index (κ1) is 18.9. The Kier molecular flexibility index (Phi) is 9.69. The van der Waals surface area contributed by atoms with Gasteiger partial charge in [0.2, 0.25) is 0 Å². The van der Waals surface area contributed by atoms with E-state index in [9.17, 15) is 0 Å². The number of rotatable bonds is 11. The van der Waals surface area contributed by atoms with E-state index in [-0.39, 0.29) is 5.54 Å². The minimum Gasteiger partial charge on any atom is -0.347 e. The zero-order valence-corrected chi connectivity index (χ0v) is 13.5. The first-order chi connectivity index (χ1) is 8.89. The summed E-state index contributed by atoms with van der Waals surface area (Å²) < 4.78 is 20.0. The third kappa shape index (κ3) is 9.43. The van der Waals surface area contributed by atoms with Crippen LogP contribution in [0, 0.1) is 0 Å². The second kappa shape index (κ2) is 9.75. The van der Waals surface area contributed by atoms with E-state index >= 15 is 0 Å². The summed E-state index contributed by atoms with van der Waals surface area (Å²) in [5.41, 5.74) is 0.0591. The van der Waals surface area contributed by atoms with E-state index in [1.54, 1.807) is 0 Å². The highest BCUT2D eigenvalue weighted by atomic mass is 28.4. The largest absolute Gasteiger partial charge is 0.764 e. The summed E-state index contributed by atoms with van der Waals surface area (Å²) in [7, 11) is 0.344. The van der Waals surface area contributed by atoms with Gasteiger partial charge in [0.1, 0.15) is 0 Å². The van der Waals surface area contributed by atoms with Gasteiger partial charge in [0.05, 0.1) is 21.3 Å². The molecule has 0 saturated carbocycles. The van der Waals surface area contributed by atoms with Gasteiger partial charge in [-0.15, -0.1) is 0 Å². The molecule has 0 aromatic heterocycles. The minimum atomic E-state index is -3.59. The predicted molar refractivity (Wildman–Crippen MR) is 68.4 cm³/mol. The molecule has 0 aliphatic carbocycles. The van der Waals surface area contributed by atoms with Crippen LogP contribution >= 0.6 is 0 Å². The molecule has 0 rings (SSSR count). The Morgan fingerprint density at radius 2 is 1.37 bits per heavy atom. The van der Waals surface area contributed by atoms with Gasteiger partial charge >= 0.3 is 9.05 Å². The second-order valence-corrected chi connectivity index (χ2v) is 6.42. The van der Waals surface area contributed by atoms with Crippen LogP contribution < -0.4 is 5.32 Å². The third-order valence-electron chi connectivity index (χ3n) is 1.81. The molecule has 0 aromatic rings. The zero-order valence-electron chi connectivity index (χ0n) is 12.5. The summed E-state index contributed by atoms with van der Waals surface area (Å²) in [6.07, 6.45) is 0.735. The Morgan fingerprint density at radius 1 is 0.895 bits per heavy atom. The van der Waals surface area contributed by atoms with Crippen LogP contribution in [0.3, 0.4) is 0 Å². The molecular weight excluding hydrogens is 274 g/mol. The van der Waals surface area contributed by atoms with Crippen molar-refractivity contribution >= 4 is 9.05 Å². The predicted octanol–water partition coefficient (Wildman–Crippen LogP) is 0.951. The molecule has 0 aromatic carbocycles. The minimum absolute atomic E-state index is 0.0591. The molecule has 9 heteroatoms. The standard InChI is InChI=1S/C10H25NO7Si/c1-10(2,3)11-8-7-9-15-19(16-12-4,17-13-5)18-14-6/h11H,7-9H2,1-6H3. The highest BCUT2D eigenvalue weighted by Crippen LogP contribution is 2.13. The van der Waals surface area contributed by atoms with Crippen LogP contribution in [0.25, 0.3) is 0 Å². The van der Waals surface area contributed by atoms with Crippen LogP contribution in [-0.2, 0) is 32.8 Å². The number of nitrogens with one attached hydrogen (secondary N) is 1. The SMILES string of the molecule is COO[Si](OCCCNC(C)(C)C)(OOC)OOC. The molecule has 0 heterocycles. The van der Waals surface area contributed by atoms with E-state index < -0.39 is 9.05 Å². The Morgan fingerprint density at radius 3 is 1.74 bits per heavy atom. The monoisotopic (exact) mass is 299 g/mol. The Labute approximate surface area is 115 Å². The summed E-state index contributed by atoms with van der Waals surface area (Å²) in [5, 5.41) is 3.32. The van der Waals surface area contributed by atoms with E-state index in [1.165, 1.54) is 21.3 Å². The zero-order chi connectivity index (χ0) is 14.8. The van der Waals surface area contributed by atoms with Crippen LogP contribution in [-0.4, -0.2) is 49.1 Å². The summed E-state index contributed by atoms with van der Waals surface area (Å²) >= 11 is 0. The fourth-order valence-corrected chi connectivity index (χ4v) is 2.39. The molecule has 8 nitrogen and oxygen atoms in total. The summed E-state index contributed by atoms with van der Waals surface area (Å²) in [5.74, 6) is 0. The molecule has 116 valence electrons. The van der Waals surface area contributed by atoms with Crippen LogP contribution in [0.2, 0.25) is 0 Å². The maximum atomic E-state index is 5.42. The molecule has 0 spiro atoms. The Balaban J connectivity index is 4.10. The van der Waals surface area contributed by atoms with E-state index in [2.05, 4.69) is 40.8 Å². The third-order valence-corrected chi connectivity index (χ3v) is 3.48. The summed E-state index contributed by atoms with van der Waals surface area (Å²) in [6.45, 7) is 7.38. The van der Waals surface area contributed by atoms with E-state index in [0.29, 0.717) is 6.61 Å². The van der Waals surface area contributed by atoms with Gasteiger partial charge < -0.3 is 9.74 Å².